The van der Waals surface area contributed by atoms with Crippen molar-refractivity contribution in [3.05, 3.63) is 69.7 Å². The molecular weight excluding hydrogens is 394 g/mol. The zero-order valence-electron chi connectivity index (χ0n) is 14.5. The van der Waals surface area contributed by atoms with E-state index in [-0.39, 0.29) is 5.92 Å². The van der Waals surface area contributed by atoms with Crippen molar-refractivity contribution in [3.63, 3.8) is 0 Å². The minimum absolute atomic E-state index is 0.217. The second kappa shape index (κ2) is 8.91. The maximum absolute atomic E-state index is 9.71. The van der Waals surface area contributed by atoms with Gasteiger partial charge in [0.25, 0.3) is 0 Å². The fourth-order valence-electron chi connectivity index (χ4n) is 3.61. The van der Waals surface area contributed by atoms with E-state index in [1.807, 2.05) is 11.8 Å². The van der Waals surface area contributed by atoms with E-state index < -0.39 is 0 Å². The quantitative estimate of drug-likeness (QED) is 0.354. The zero-order valence-corrected chi connectivity index (χ0v) is 16.9. The first-order chi connectivity index (χ1) is 12.2. The van der Waals surface area contributed by atoms with Gasteiger partial charge in [0.05, 0.1) is 5.71 Å². The number of rotatable bonds is 5. The van der Waals surface area contributed by atoms with Crippen molar-refractivity contribution >= 4 is 33.4 Å². The highest BCUT2D eigenvalue weighted by Crippen LogP contribution is 2.34. The van der Waals surface area contributed by atoms with E-state index in [0.717, 1.165) is 41.0 Å². The SMILES string of the molecule is Cc1ccccc1C(CC(=NO)C1CCSCC1)c1ccc(Br)cc1. The molecular formula is C21H24BrNOS. The number of hydrogen-bond acceptors (Lipinski definition) is 3. The van der Waals surface area contributed by atoms with Gasteiger partial charge in [0, 0.05) is 22.7 Å². The number of oxime groups is 1. The van der Waals surface area contributed by atoms with Crippen molar-refractivity contribution in [2.24, 2.45) is 11.1 Å². The molecule has 1 N–H and O–H groups in total. The van der Waals surface area contributed by atoms with Gasteiger partial charge in [-0.1, -0.05) is 57.5 Å². The average molecular weight is 418 g/mol. The van der Waals surface area contributed by atoms with Crippen LogP contribution in [0.1, 0.15) is 41.9 Å². The lowest BCUT2D eigenvalue weighted by Gasteiger charge is -2.26. The van der Waals surface area contributed by atoms with E-state index in [1.165, 1.54) is 16.7 Å². The van der Waals surface area contributed by atoms with Crippen LogP contribution in [-0.4, -0.2) is 22.4 Å². The third-order valence-electron chi connectivity index (χ3n) is 5.07. The lowest BCUT2D eigenvalue weighted by molar-refractivity contribution is 0.311. The van der Waals surface area contributed by atoms with Crippen molar-refractivity contribution in [2.45, 2.75) is 32.1 Å². The minimum Gasteiger partial charge on any atom is -0.411 e. The Morgan fingerprint density at radius 3 is 2.48 bits per heavy atom. The Hall–Kier alpha value is -1.26. The van der Waals surface area contributed by atoms with Gasteiger partial charge in [0.2, 0.25) is 0 Å². The molecule has 1 aliphatic rings. The molecule has 2 nitrogen and oxygen atoms in total. The highest BCUT2D eigenvalue weighted by molar-refractivity contribution is 9.10. The van der Waals surface area contributed by atoms with Gasteiger partial charge in [-0.25, -0.2) is 0 Å². The molecule has 1 heterocycles. The average Bonchev–Trinajstić information content (AvgIpc) is 2.65. The van der Waals surface area contributed by atoms with Gasteiger partial charge in [0.1, 0.15) is 0 Å². The summed E-state index contributed by atoms with van der Waals surface area (Å²) in [4.78, 5) is 0. The van der Waals surface area contributed by atoms with Crippen LogP contribution in [0.4, 0.5) is 0 Å². The molecule has 3 rings (SSSR count). The molecule has 2 aromatic rings. The molecule has 2 aromatic carbocycles. The molecule has 1 fully saturated rings. The summed E-state index contributed by atoms with van der Waals surface area (Å²) in [5.74, 6) is 2.96. The molecule has 0 saturated carbocycles. The molecule has 0 amide bonds. The second-order valence-corrected chi connectivity index (χ2v) is 8.78. The summed E-state index contributed by atoms with van der Waals surface area (Å²) < 4.78 is 1.08. The number of aryl methyl sites for hydroxylation is 1. The van der Waals surface area contributed by atoms with E-state index in [1.54, 1.807) is 0 Å². The maximum atomic E-state index is 9.71. The molecule has 132 valence electrons. The first-order valence-corrected chi connectivity index (χ1v) is 10.7. The van der Waals surface area contributed by atoms with Crippen molar-refractivity contribution in [3.8, 4) is 0 Å². The van der Waals surface area contributed by atoms with Gasteiger partial charge in [-0.05, 0) is 60.1 Å². The summed E-state index contributed by atoms with van der Waals surface area (Å²) in [6.45, 7) is 2.16. The van der Waals surface area contributed by atoms with Gasteiger partial charge < -0.3 is 5.21 Å². The molecule has 0 aliphatic carbocycles. The van der Waals surface area contributed by atoms with Crippen molar-refractivity contribution in [1.82, 2.24) is 0 Å². The van der Waals surface area contributed by atoms with Crippen LogP contribution in [0.25, 0.3) is 0 Å². The first kappa shape index (κ1) is 18.5. The predicted molar refractivity (Wildman–Crippen MR) is 111 cm³/mol. The second-order valence-electron chi connectivity index (χ2n) is 6.64. The van der Waals surface area contributed by atoms with E-state index in [4.69, 9.17) is 0 Å². The molecule has 0 bridgehead atoms. The van der Waals surface area contributed by atoms with E-state index in [0.29, 0.717) is 5.92 Å². The molecule has 1 unspecified atom stereocenters. The Kier molecular flexibility index (Phi) is 6.60. The zero-order chi connectivity index (χ0) is 17.6. The van der Waals surface area contributed by atoms with Crippen LogP contribution in [0.5, 0.6) is 0 Å². The van der Waals surface area contributed by atoms with Crippen LogP contribution in [0, 0.1) is 12.8 Å². The van der Waals surface area contributed by atoms with Crippen LogP contribution in [0.2, 0.25) is 0 Å². The van der Waals surface area contributed by atoms with Crippen LogP contribution in [0.3, 0.4) is 0 Å². The van der Waals surface area contributed by atoms with Crippen LogP contribution in [0.15, 0.2) is 58.2 Å². The third-order valence-corrected chi connectivity index (χ3v) is 6.65. The summed E-state index contributed by atoms with van der Waals surface area (Å²) in [6.07, 6.45) is 3.01. The largest absolute Gasteiger partial charge is 0.411 e. The number of thioether (sulfide) groups is 1. The number of halogens is 1. The van der Waals surface area contributed by atoms with Gasteiger partial charge >= 0.3 is 0 Å². The highest BCUT2D eigenvalue weighted by Gasteiger charge is 2.25. The maximum Gasteiger partial charge on any atom is 0.0611 e. The first-order valence-electron chi connectivity index (χ1n) is 8.78. The summed E-state index contributed by atoms with van der Waals surface area (Å²) in [7, 11) is 0. The number of nitrogens with zero attached hydrogens (tertiary/aromatic N) is 1. The van der Waals surface area contributed by atoms with E-state index >= 15 is 0 Å². The Morgan fingerprint density at radius 1 is 1.16 bits per heavy atom. The number of benzene rings is 2. The summed E-state index contributed by atoms with van der Waals surface area (Å²) in [5.41, 5.74) is 4.82. The van der Waals surface area contributed by atoms with Gasteiger partial charge in [-0.2, -0.15) is 11.8 Å². The van der Waals surface area contributed by atoms with Gasteiger partial charge in [0.15, 0.2) is 0 Å². The summed E-state index contributed by atoms with van der Waals surface area (Å²) in [6, 6.07) is 17.1. The lowest BCUT2D eigenvalue weighted by atomic mass is 9.81. The molecule has 0 aromatic heterocycles. The van der Waals surface area contributed by atoms with Crippen molar-refractivity contribution in [1.29, 1.82) is 0 Å². The van der Waals surface area contributed by atoms with Crippen molar-refractivity contribution in [2.75, 3.05) is 11.5 Å². The highest BCUT2D eigenvalue weighted by atomic mass is 79.9. The van der Waals surface area contributed by atoms with Crippen LogP contribution < -0.4 is 0 Å². The van der Waals surface area contributed by atoms with Crippen LogP contribution >= 0.6 is 27.7 Å². The Morgan fingerprint density at radius 2 is 1.84 bits per heavy atom. The fourth-order valence-corrected chi connectivity index (χ4v) is 4.98. The monoisotopic (exact) mass is 417 g/mol. The molecule has 0 spiro atoms. The summed E-state index contributed by atoms with van der Waals surface area (Å²) in [5, 5.41) is 13.5. The third kappa shape index (κ3) is 4.68. The van der Waals surface area contributed by atoms with Crippen LogP contribution in [-0.2, 0) is 0 Å². The molecule has 25 heavy (non-hydrogen) atoms. The van der Waals surface area contributed by atoms with Gasteiger partial charge in [-0.3, -0.25) is 0 Å². The molecule has 1 atom stereocenters. The Balaban J connectivity index is 1.93. The van der Waals surface area contributed by atoms with Gasteiger partial charge in [-0.15, -0.1) is 0 Å². The fraction of sp³-hybridized carbons (Fsp3) is 0.381. The number of hydrogen-bond donors (Lipinski definition) is 1. The predicted octanol–water partition coefficient (Wildman–Crippen LogP) is 6.25. The molecule has 1 saturated heterocycles. The van der Waals surface area contributed by atoms with E-state index in [9.17, 15) is 5.21 Å². The van der Waals surface area contributed by atoms with E-state index in [2.05, 4.69) is 76.5 Å². The Bertz CT molecular complexity index is 723. The normalized spacial score (nSPS) is 17.4. The topological polar surface area (TPSA) is 32.6 Å². The lowest BCUT2D eigenvalue weighted by Crippen LogP contribution is -2.22. The minimum atomic E-state index is 0.217. The molecule has 1 aliphatic heterocycles. The Labute approximate surface area is 162 Å². The molecule has 4 heteroatoms. The molecule has 0 radical (unpaired) electrons. The van der Waals surface area contributed by atoms with Crippen molar-refractivity contribution < 1.29 is 5.21 Å². The standard InChI is InChI=1S/C21H24BrNOS/c1-15-4-2-3-5-19(15)20(16-6-8-18(22)9-7-16)14-21(23-24)17-10-12-25-13-11-17/h2-9,17,20,24H,10-14H2,1H3. The summed E-state index contributed by atoms with van der Waals surface area (Å²) >= 11 is 5.53. The smallest absolute Gasteiger partial charge is 0.0611 e.